The van der Waals surface area contributed by atoms with Gasteiger partial charge in [0.05, 0.1) is 6.10 Å². The van der Waals surface area contributed by atoms with E-state index in [2.05, 4.69) is 4.90 Å². The van der Waals surface area contributed by atoms with Gasteiger partial charge in [0.25, 0.3) is 0 Å². The zero-order chi connectivity index (χ0) is 13.0. The van der Waals surface area contributed by atoms with Gasteiger partial charge in [0.1, 0.15) is 11.6 Å². The van der Waals surface area contributed by atoms with E-state index in [4.69, 9.17) is 4.74 Å². The van der Waals surface area contributed by atoms with Gasteiger partial charge in [0.2, 0.25) is 0 Å². The second-order valence-corrected chi connectivity index (χ2v) is 5.00. The fourth-order valence-electron chi connectivity index (χ4n) is 2.40. The Morgan fingerprint density at radius 1 is 1.39 bits per heavy atom. The summed E-state index contributed by atoms with van der Waals surface area (Å²) >= 11 is 0. The standard InChI is InChI=1S/C14H20FNO2/c1-16(10-14-4-2-3-5-18-14)9-11-6-12(15)8-13(17)7-11/h6-8,14,17H,2-5,9-10H2,1H3. The molecule has 1 aromatic carbocycles. The fraction of sp³-hybridized carbons (Fsp3) is 0.571. The van der Waals surface area contributed by atoms with Gasteiger partial charge in [-0.25, -0.2) is 4.39 Å². The molecule has 4 heteroatoms. The lowest BCUT2D eigenvalue weighted by Gasteiger charge is -2.27. The zero-order valence-electron chi connectivity index (χ0n) is 10.7. The quantitative estimate of drug-likeness (QED) is 0.895. The van der Waals surface area contributed by atoms with E-state index in [9.17, 15) is 9.50 Å². The predicted octanol–water partition coefficient (Wildman–Crippen LogP) is 2.53. The van der Waals surface area contributed by atoms with Crippen molar-refractivity contribution in [2.45, 2.75) is 31.9 Å². The molecular formula is C14H20FNO2. The third kappa shape index (κ3) is 3.96. The molecule has 1 aromatic rings. The molecular weight excluding hydrogens is 233 g/mol. The lowest BCUT2D eigenvalue weighted by molar-refractivity contribution is -0.00260. The molecule has 1 heterocycles. The van der Waals surface area contributed by atoms with Crippen molar-refractivity contribution in [1.29, 1.82) is 0 Å². The van der Waals surface area contributed by atoms with Crippen molar-refractivity contribution in [1.82, 2.24) is 4.90 Å². The summed E-state index contributed by atoms with van der Waals surface area (Å²) < 4.78 is 18.8. The Hall–Kier alpha value is -1.13. The lowest BCUT2D eigenvalue weighted by atomic mass is 10.1. The number of phenols is 1. The predicted molar refractivity (Wildman–Crippen MR) is 68.0 cm³/mol. The Kier molecular flexibility index (Phi) is 4.55. The maximum absolute atomic E-state index is 13.1. The zero-order valence-corrected chi connectivity index (χ0v) is 10.7. The smallest absolute Gasteiger partial charge is 0.127 e. The summed E-state index contributed by atoms with van der Waals surface area (Å²) in [5.74, 6) is -0.417. The highest BCUT2D eigenvalue weighted by atomic mass is 19.1. The first-order valence-electron chi connectivity index (χ1n) is 6.42. The molecule has 0 amide bonds. The van der Waals surface area contributed by atoms with Crippen LogP contribution in [-0.2, 0) is 11.3 Å². The minimum atomic E-state index is -0.396. The SMILES string of the molecule is CN(Cc1cc(O)cc(F)c1)CC1CCCCO1. The number of benzene rings is 1. The Balaban J connectivity index is 1.87. The Labute approximate surface area is 107 Å². The second-order valence-electron chi connectivity index (χ2n) is 5.00. The summed E-state index contributed by atoms with van der Waals surface area (Å²) in [6.07, 6.45) is 3.75. The Bertz CT molecular complexity index is 371. The van der Waals surface area contributed by atoms with Crippen LogP contribution in [0.1, 0.15) is 24.8 Å². The fourth-order valence-corrected chi connectivity index (χ4v) is 2.40. The molecule has 0 aliphatic carbocycles. The van der Waals surface area contributed by atoms with Crippen LogP contribution >= 0.6 is 0 Å². The van der Waals surface area contributed by atoms with Crippen LogP contribution in [-0.4, -0.2) is 36.3 Å². The summed E-state index contributed by atoms with van der Waals surface area (Å²) in [4.78, 5) is 2.10. The Morgan fingerprint density at radius 2 is 2.22 bits per heavy atom. The normalized spacial score (nSPS) is 20.3. The van der Waals surface area contributed by atoms with E-state index in [1.165, 1.54) is 12.5 Å². The van der Waals surface area contributed by atoms with Crippen LogP contribution in [0.5, 0.6) is 5.75 Å². The van der Waals surface area contributed by atoms with E-state index >= 15 is 0 Å². The minimum Gasteiger partial charge on any atom is -0.508 e. The van der Waals surface area contributed by atoms with Gasteiger partial charge in [0.15, 0.2) is 0 Å². The number of likely N-dealkylation sites (N-methyl/N-ethyl adjacent to an activating group) is 1. The second kappa shape index (κ2) is 6.16. The molecule has 18 heavy (non-hydrogen) atoms. The molecule has 1 saturated heterocycles. The van der Waals surface area contributed by atoms with Crippen molar-refractivity contribution >= 4 is 0 Å². The third-order valence-corrected chi connectivity index (χ3v) is 3.18. The van der Waals surface area contributed by atoms with Crippen molar-refractivity contribution in [3.63, 3.8) is 0 Å². The molecule has 0 radical (unpaired) electrons. The number of hydrogen-bond donors (Lipinski definition) is 1. The van der Waals surface area contributed by atoms with Crippen LogP contribution in [0, 0.1) is 5.82 Å². The minimum absolute atomic E-state index is 0.0210. The molecule has 1 N–H and O–H groups in total. The van der Waals surface area contributed by atoms with Crippen molar-refractivity contribution in [2.24, 2.45) is 0 Å². The first-order chi connectivity index (χ1) is 8.63. The van der Waals surface area contributed by atoms with Crippen molar-refractivity contribution in [3.05, 3.63) is 29.6 Å². The van der Waals surface area contributed by atoms with E-state index in [1.54, 1.807) is 6.07 Å². The maximum atomic E-state index is 13.1. The summed E-state index contributed by atoms with van der Waals surface area (Å²) in [7, 11) is 1.99. The molecule has 0 saturated carbocycles. The number of hydrogen-bond acceptors (Lipinski definition) is 3. The largest absolute Gasteiger partial charge is 0.508 e. The van der Waals surface area contributed by atoms with E-state index < -0.39 is 5.82 Å². The van der Waals surface area contributed by atoms with Crippen LogP contribution in [0.4, 0.5) is 4.39 Å². The van der Waals surface area contributed by atoms with Gasteiger partial charge in [-0.3, -0.25) is 4.90 Å². The third-order valence-electron chi connectivity index (χ3n) is 3.18. The van der Waals surface area contributed by atoms with E-state index in [0.29, 0.717) is 6.54 Å². The number of rotatable bonds is 4. The molecule has 3 nitrogen and oxygen atoms in total. The molecule has 1 unspecified atom stereocenters. The van der Waals surface area contributed by atoms with Crippen LogP contribution < -0.4 is 0 Å². The molecule has 1 aliphatic heterocycles. The molecule has 1 aliphatic rings. The van der Waals surface area contributed by atoms with Crippen molar-refractivity contribution in [2.75, 3.05) is 20.2 Å². The maximum Gasteiger partial charge on any atom is 0.127 e. The molecule has 2 rings (SSSR count). The molecule has 0 spiro atoms. The van der Waals surface area contributed by atoms with E-state index in [0.717, 1.165) is 37.6 Å². The first kappa shape index (κ1) is 13.3. The van der Waals surface area contributed by atoms with Gasteiger partial charge in [-0.2, -0.15) is 0 Å². The highest BCUT2D eigenvalue weighted by molar-refractivity contribution is 5.28. The lowest BCUT2D eigenvalue weighted by Crippen LogP contribution is -2.33. The summed E-state index contributed by atoms with van der Waals surface area (Å²) in [5.41, 5.74) is 0.783. The number of nitrogens with zero attached hydrogens (tertiary/aromatic N) is 1. The average Bonchev–Trinajstić information content (AvgIpc) is 2.28. The highest BCUT2D eigenvalue weighted by Gasteiger charge is 2.16. The molecule has 0 bridgehead atoms. The molecule has 1 fully saturated rings. The van der Waals surface area contributed by atoms with Crippen LogP contribution in [0.2, 0.25) is 0 Å². The number of ether oxygens (including phenoxy) is 1. The van der Waals surface area contributed by atoms with Gasteiger partial charge in [-0.1, -0.05) is 0 Å². The topological polar surface area (TPSA) is 32.7 Å². The van der Waals surface area contributed by atoms with E-state index in [-0.39, 0.29) is 11.9 Å². The van der Waals surface area contributed by atoms with Crippen LogP contribution in [0.3, 0.4) is 0 Å². The van der Waals surface area contributed by atoms with Gasteiger partial charge in [-0.15, -0.1) is 0 Å². The summed E-state index contributed by atoms with van der Waals surface area (Å²) in [5, 5.41) is 9.34. The molecule has 0 aromatic heterocycles. The van der Waals surface area contributed by atoms with Gasteiger partial charge < -0.3 is 9.84 Å². The van der Waals surface area contributed by atoms with E-state index in [1.807, 2.05) is 7.05 Å². The number of halogens is 1. The average molecular weight is 253 g/mol. The summed E-state index contributed by atoms with van der Waals surface area (Å²) in [6.45, 7) is 2.31. The Morgan fingerprint density at radius 3 is 2.89 bits per heavy atom. The molecule has 100 valence electrons. The van der Waals surface area contributed by atoms with Gasteiger partial charge in [-0.05, 0) is 44.0 Å². The number of phenolic OH excluding ortho intramolecular Hbond substituents is 1. The summed E-state index contributed by atoms with van der Waals surface area (Å²) in [6, 6.07) is 4.17. The molecule has 1 atom stereocenters. The first-order valence-corrected chi connectivity index (χ1v) is 6.42. The van der Waals surface area contributed by atoms with Crippen LogP contribution in [0.25, 0.3) is 0 Å². The van der Waals surface area contributed by atoms with Crippen molar-refractivity contribution in [3.8, 4) is 5.75 Å². The number of aromatic hydroxyl groups is 1. The van der Waals surface area contributed by atoms with Crippen LogP contribution in [0.15, 0.2) is 18.2 Å². The van der Waals surface area contributed by atoms with Gasteiger partial charge in [0, 0.05) is 25.8 Å². The highest BCUT2D eigenvalue weighted by Crippen LogP contribution is 2.17. The van der Waals surface area contributed by atoms with Gasteiger partial charge >= 0.3 is 0 Å². The monoisotopic (exact) mass is 253 g/mol. The van der Waals surface area contributed by atoms with Crippen molar-refractivity contribution < 1.29 is 14.2 Å².